The SMILES string of the molecule is CC(Cc1cccc(Cl)c1)NC(=O)C1=CN2CCS(=O)(=O)N=C2C=C1. The minimum Gasteiger partial charge on any atom is -0.349 e. The lowest BCUT2D eigenvalue weighted by Gasteiger charge is -2.27. The number of halogens is 1. The molecule has 1 unspecified atom stereocenters. The molecule has 2 heterocycles. The van der Waals surface area contributed by atoms with E-state index in [0.29, 0.717) is 29.4 Å². The molecule has 0 bridgehead atoms. The number of nitrogens with zero attached hydrogens (tertiary/aromatic N) is 2. The first kappa shape index (κ1) is 17.7. The first-order valence-corrected chi connectivity index (χ1v) is 9.86. The number of carbonyl (C=O) groups is 1. The third-order valence-corrected chi connectivity index (χ3v) is 5.29. The van der Waals surface area contributed by atoms with E-state index >= 15 is 0 Å². The van der Waals surface area contributed by atoms with Gasteiger partial charge in [0.25, 0.3) is 15.9 Å². The molecule has 0 spiro atoms. The van der Waals surface area contributed by atoms with Crippen molar-refractivity contribution in [3.05, 3.63) is 58.8 Å². The highest BCUT2D eigenvalue weighted by Gasteiger charge is 2.25. The molecule has 1 N–H and O–H groups in total. The van der Waals surface area contributed by atoms with Gasteiger partial charge in [-0.2, -0.15) is 0 Å². The third kappa shape index (κ3) is 4.49. The van der Waals surface area contributed by atoms with Crippen molar-refractivity contribution in [3.8, 4) is 0 Å². The molecule has 6 nitrogen and oxygen atoms in total. The molecule has 0 fully saturated rings. The molecule has 2 aliphatic heterocycles. The molecule has 1 aromatic carbocycles. The van der Waals surface area contributed by atoms with Crippen LogP contribution in [0.1, 0.15) is 12.5 Å². The average molecular weight is 380 g/mol. The summed E-state index contributed by atoms with van der Waals surface area (Å²) in [6, 6.07) is 7.46. The Bertz CT molecular complexity index is 890. The van der Waals surface area contributed by atoms with Gasteiger partial charge >= 0.3 is 0 Å². The molecule has 8 heteroatoms. The molecule has 1 amide bonds. The van der Waals surface area contributed by atoms with Gasteiger partial charge in [0.1, 0.15) is 5.84 Å². The van der Waals surface area contributed by atoms with Gasteiger partial charge in [-0.05, 0) is 43.2 Å². The van der Waals surface area contributed by atoms with E-state index in [2.05, 4.69) is 9.71 Å². The van der Waals surface area contributed by atoms with Crippen molar-refractivity contribution in [2.45, 2.75) is 19.4 Å². The number of amides is 1. The number of sulfonamides is 1. The van der Waals surface area contributed by atoms with Crippen molar-refractivity contribution >= 4 is 33.4 Å². The van der Waals surface area contributed by atoms with Gasteiger partial charge in [0, 0.05) is 23.8 Å². The van der Waals surface area contributed by atoms with Crippen LogP contribution in [0, 0.1) is 0 Å². The summed E-state index contributed by atoms with van der Waals surface area (Å²) in [4.78, 5) is 14.1. The van der Waals surface area contributed by atoms with Gasteiger partial charge < -0.3 is 10.2 Å². The first-order valence-electron chi connectivity index (χ1n) is 7.87. The Hall–Kier alpha value is -2.12. The van der Waals surface area contributed by atoms with Crippen LogP contribution < -0.4 is 5.32 Å². The average Bonchev–Trinajstić information content (AvgIpc) is 2.53. The second-order valence-corrected chi connectivity index (χ2v) is 8.25. The Morgan fingerprint density at radius 3 is 2.96 bits per heavy atom. The van der Waals surface area contributed by atoms with E-state index in [0.717, 1.165) is 5.56 Å². The molecule has 0 radical (unpaired) electrons. The minimum atomic E-state index is -3.39. The molecule has 132 valence electrons. The summed E-state index contributed by atoms with van der Waals surface area (Å²) < 4.78 is 26.7. The van der Waals surface area contributed by atoms with Gasteiger partial charge in [-0.1, -0.05) is 23.7 Å². The predicted octanol–water partition coefficient (Wildman–Crippen LogP) is 1.88. The third-order valence-electron chi connectivity index (χ3n) is 3.89. The second-order valence-electron chi connectivity index (χ2n) is 6.06. The van der Waals surface area contributed by atoms with E-state index < -0.39 is 10.0 Å². The largest absolute Gasteiger partial charge is 0.349 e. The van der Waals surface area contributed by atoms with Crippen molar-refractivity contribution in [1.29, 1.82) is 0 Å². The van der Waals surface area contributed by atoms with Crippen molar-refractivity contribution in [2.75, 3.05) is 12.3 Å². The minimum absolute atomic E-state index is 0.0547. The van der Waals surface area contributed by atoms with E-state index in [9.17, 15) is 13.2 Å². The summed E-state index contributed by atoms with van der Waals surface area (Å²) in [6.07, 6.45) is 5.43. The summed E-state index contributed by atoms with van der Waals surface area (Å²) in [5, 5.41) is 3.61. The Labute approximate surface area is 151 Å². The van der Waals surface area contributed by atoms with E-state index in [1.54, 1.807) is 23.3 Å². The lowest BCUT2D eigenvalue weighted by atomic mass is 10.1. The normalized spacial score (nSPS) is 19.5. The second kappa shape index (κ2) is 7.01. The van der Waals surface area contributed by atoms with E-state index in [1.165, 1.54) is 0 Å². The first-order chi connectivity index (χ1) is 11.8. The molecular formula is C17H18ClN3O3S. The Kier molecular flexibility index (Phi) is 4.96. The van der Waals surface area contributed by atoms with Crippen LogP contribution in [0.4, 0.5) is 0 Å². The number of hydrogen-bond acceptors (Lipinski definition) is 4. The molecule has 2 aliphatic rings. The predicted molar refractivity (Wildman–Crippen MR) is 97.9 cm³/mol. The maximum Gasteiger partial charge on any atom is 0.256 e. The number of fused-ring (bicyclic) bond motifs is 1. The molecular weight excluding hydrogens is 362 g/mol. The number of amidine groups is 1. The standard InChI is InChI=1S/C17H18ClN3O3S/c1-12(9-13-3-2-4-15(18)10-13)19-17(22)14-5-6-16-20-25(23,24)8-7-21(16)11-14/h2-6,10-12H,7-9H2,1H3,(H,19,22). The molecule has 1 atom stereocenters. The number of rotatable bonds is 4. The topological polar surface area (TPSA) is 78.8 Å². The van der Waals surface area contributed by atoms with Crippen LogP contribution in [0.3, 0.4) is 0 Å². The quantitative estimate of drug-likeness (QED) is 0.866. The molecule has 0 saturated heterocycles. The fourth-order valence-corrected chi connectivity index (χ4v) is 3.89. The molecule has 0 saturated carbocycles. The molecule has 0 aromatic heterocycles. The van der Waals surface area contributed by atoms with E-state index in [-0.39, 0.29) is 17.7 Å². The van der Waals surface area contributed by atoms with Gasteiger partial charge in [-0.15, -0.1) is 4.40 Å². The van der Waals surface area contributed by atoms with Gasteiger partial charge in [-0.3, -0.25) is 4.79 Å². The van der Waals surface area contributed by atoms with Crippen molar-refractivity contribution in [1.82, 2.24) is 10.2 Å². The highest BCUT2D eigenvalue weighted by Crippen LogP contribution is 2.16. The monoisotopic (exact) mass is 379 g/mol. The lowest BCUT2D eigenvalue weighted by Crippen LogP contribution is -2.39. The van der Waals surface area contributed by atoms with Crippen molar-refractivity contribution in [2.24, 2.45) is 4.40 Å². The maximum absolute atomic E-state index is 12.4. The highest BCUT2D eigenvalue weighted by atomic mass is 35.5. The fraction of sp³-hybridized carbons (Fsp3) is 0.294. The Morgan fingerprint density at radius 2 is 2.20 bits per heavy atom. The zero-order valence-corrected chi connectivity index (χ0v) is 15.2. The van der Waals surface area contributed by atoms with Gasteiger partial charge in [-0.25, -0.2) is 8.42 Å². The molecule has 0 aliphatic carbocycles. The summed E-state index contributed by atoms with van der Waals surface area (Å²) in [7, 11) is -3.39. The smallest absolute Gasteiger partial charge is 0.256 e. The van der Waals surface area contributed by atoms with Crippen LogP contribution in [-0.2, 0) is 21.2 Å². The van der Waals surface area contributed by atoms with Crippen LogP contribution in [0.15, 0.2) is 52.6 Å². The van der Waals surface area contributed by atoms with Crippen LogP contribution in [0.25, 0.3) is 0 Å². The highest BCUT2D eigenvalue weighted by molar-refractivity contribution is 7.90. The summed E-state index contributed by atoms with van der Waals surface area (Å²) in [5.41, 5.74) is 1.51. The molecule has 1 aromatic rings. The summed E-state index contributed by atoms with van der Waals surface area (Å²) in [5.74, 6) is 0.0778. The number of carbonyl (C=O) groups excluding carboxylic acids is 1. The summed E-state index contributed by atoms with van der Waals surface area (Å²) in [6.45, 7) is 2.21. The number of benzene rings is 1. The zero-order chi connectivity index (χ0) is 18.0. The Morgan fingerprint density at radius 1 is 1.40 bits per heavy atom. The van der Waals surface area contributed by atoms with Gasteiger partial charge in [0.05, 0.1) is 11.3 Å². The maximum atomic E-state index is 12.4. The Balaban J connectivity index is 1.64. The zero-order valence-electron chi connectivity index (χ0n) is 13.6. The van der Waals surface area contributed by atoms with Crippen LogP contribution in [0.5, 0.6) is 0 Å². The number of nitrogens with one attached hydrogen (secondary N) is 1. The van der Waals surface area contributed by atoms with E-state index in [1.807, 2.05) is 31.2 Å². The lowest BCUT2D eigenvalue weighted by molar-refractivity contribution is -0.117. The van der Waals surface area contributed by atoms with Crippen molar-refractivity contribution < 1.29 is 13.2 Å². The van der Waals surface area contributed by atoms with Crippen LogP contribution in [0.2, 0.25) is 5.02 Å². The van der Waals surface area contributed by atoms with Crippen LogP contribution >= 0.6 is 11.6 Å². The fourth-order valence-electron chi connectivity index (χ4n) is 2.71. The molecule has 3 rings (SSSR count). The van der Waals surface area contributed by atoms with Crippen LogP contribution in [-0.4, -0.2) is 43.4 Å². The van der Waals surface area contributed by atoms with Gasteiger partial charge in [0.15, 0.2) is 0 Å². The van der Waals surface area contributed by atoms with E-state index in [4.69, 9.17) is 11.6 Å². The van der Waals surface area contributed by atoms with Crippen molar-refractivity contribution in [3.63, 3.8) is 0 Å². The number of hydrogen-bond donors (Lipinski definition) is 1. The van der Waals surface area contributed by atoms with Gasteiger partial charge in [0.2, 0.25) is 0 Å². The summed E-state index contributed by atoms with van der Waals surface area (Å²) >= 11 is 5.98. The molecule has 25 heavy (non-hydrogen) atoms.